The van der Waals surface area contributed by atoms with E-state index in [0.717, 1.165) is 18.7 Å². The first-order valence-corrected chi connectivity index (χ1v) is 6.81. The lowest BCUT2D eigenvalue weighted by Crippen LogP contribution is -2.31. The van der Waals surface area contributed by atoms with Crippen LogP contribution in [-0.4, -0.2) is 25.3 Å². The summed E-state index contributed by atoms with van der Waals surface area (Å²) in [5, 5.41) is 5.97. The summed E-state index contributed by atoms with van der Waals surface area (Å²) in [6.45, 7) is 7.89. The van der Waals surface area contributed by atoms with Crippen LogP contribution in [0.3, 0.4) is 0 Å². The van der Waals surface area contributed by atoms with Crippen LogP contribution in [0.4, 0.5) is 10.5 Å². The molecule has 1 atom stereocenters. The van der Waals surface area contributed by atoms with E-state index in [-0.39, 0.29) is 6.10 Å². The number of anilines is 1. The van der Waals surface area contributed by atoms with E-state index in [1.165, 1.54) is 0 Å². The molecule has 0 bridgehead atoms. The molecule has 0 spiro atoms. The van der Waals surface area contributed by atoms with Crippen LogP contribution in [0.2, 0.25) is 0 Å². The minimum Gasteiger partial charge on any atom is -0.445 e. The number of rotatable bonds is 7. The maximum absolute atomic E-state index is 11.6. The molecule has 1 rings (SSSR count). The third-order valence-electron chi connectivity index (χ3n) is 2.66. The Morgan fingerprint density at radius 2 is 1.89 bits per heavy atom. The summed E-state index contributed by atoms with van der Waals surface area (Å²) in [5.74, 6) is 0.685. The van der Waals surface area contributed by atoms with Crippen molar-refractivity contribution in [2.45, 2.75) is 33.3 Å². The molecule has 2 N–H and O–H groups in total. The molecule has 0 saturated carbocycles. The Kier molecular flexibility index (Phi) is 6.97. The van der Waals surface area contributed by atoms with Gasteiger partial charge in [0.05, 0.1) is 0 Å². The number of hydrogen-bond donors (Lipinski definition) is 2. The van der Waals surface area contributed by atoms with Gasteiger partial charge in [0.15, 0.2) is 0 Å². The Morgan fingerprint density at radius 3 is 2.53 bits per heavy atom. The smallest absolute Gasteiger partial charge is 0.411 e. The van der Waals surface area contributed by atoms with Gasteiger partial charge in [-0.3, -0.25) is 5.32 Å². The topological polar surface area (TPSA) is 50.4 Å². The van der Waals surface area contributed by atoms with Crippen molar-refractivity contribution in [3.8, 4) is 0 Å². The van der Waals surface area contributed by atoms with Gasteiger partial charge in [-0.2, -0.15) is 0 Å². The molecule has 0 aliphatic heterocycles. The van der Waals surface area contributed by atoms with Gasteiger partial charge < -0.3 is 10.1 Å². The maximum atomic E-state index is 11.6. The highest BCUT2D eigenvalue weighted by atomic mass is 16.6. The molecule has 0 fully saturated rings. The average Bonchev–Trinajstić information content (AvgIpc) is 2.35. The highest BCUT2D eigenvalue weighted by molar-refractivity contribution is 5.84. The van der Waals surface area contributed by atoms with Gasteiger partial charge in [0, 0.05) is 12.2 Å². The first kappa shape index (κ1) is 15.5. The molecule has 0 radical (unpaired) electrons. The summed E-state index contributed by atoms with van der Waals surface area (Å²) in [5.41, 5.74) is 0.743. The maximum Gasteiger partial charge on any atom is 0.411 e. The molecule has 0 aliphatic rings. The van der Waals surface area contributed by atoms with E-state index in [2.05, 4.69) is 24.5 Å². The number of carbonyl (C=O) groups excluding carboxylic acids is 1. The van der Waals surface area contributed by atoms with Gasteiger partial charge >= 0.3 is 6.09 Å². The summed E-state index contributed by atoms with van der Waals surface area (Å²) in [4.78, 5) is 11.6. The molecule has 0 saturated heterocycles. The van der Waals surface area contributed by atoms with E-state index in [1.54, 1.807) is 0 Å². The number of ether oxygens (including phenoxy) is 1. The van der Waals surface area contributed by atoms with Crippen LogP contribution >= 0.6 is 0 Å². The van der Waals surface area contributed by atoms with Crippen molar-refractivity contribution in [2.24, 2.45) is 5.92 Å². The second kappa shape index (κ2) is 8.53. The van der Waals surface area contributed by atoms with Crippen LogP contribution in [0.5, 0.6) is 0 Å². The van der Waals surface area contributed by atoms with Crippen molar-refractivity contribution in [3.63, 3.8) is 0 Å². The molecule has 1 aromatic carbocycles. The van der Waals surface area contributed by atoms with E-state index in [4.69, 9.17) is 4.74 Å². The van der Waals surface area contributed by atoms with Gasteiger partial charge in [-0.1, -0.05) is 32.0 Å². The molecule has 1 aromatic rings. The van der Waals surface area contributed by atoms with Crippen LogP contribution in [0, 0.1) is 5.92 Å². The molecule has 0 heterocycles. The first-order chi connectivity index (χ1) is 9.08. The molecular weight excluding hydrogens is 240 g/mol. The standard InChI is InChI=1S/C15H24N2O2/c1-12(2)9-10-16-11-13(3)19-15(18)17-14-7-5-4-6-8-14/h4-8,12-13,16H,9-11H2,1-3H3,(H,17,18). The first-order valence-electron chi connectivity index (χ1n) is 6.81. The van der Waals surface area contributed by atoms with Crippen LogP contribution in [0.15, 0.2) is 30.3 Å². The minimum atomic E-state index is -0.413. The minimum absolute atomic E-state index is 0.143. The van der Waals surface area contributed by atoms with E-state index in [0.29, 0.717) is 12.5 Å². The molecule has 4 heteroatoms. The average molecular weight is 264 g/mol. The lowest BCUT2D eigenvalue weighted by molar-refractivity contribution is 0.119. The third kappa shape index (κ3) is 7.47. The zero-order chi connectivity index (χ0) is 14.1. The zero-order valence-corrected chi connectivity index (χ0v) is 12.0. The molecular formula is C15H24N2O2. The summed E-state index contributed by atoms with van der Waals surface area (Å²) in [6.07, 6.45) is 0.573. The van der Waals surface area contributed by atoms with Gasteiger partial charge in [-0.25, -0.2) is 4.79 Å². The van der Waals surface area contributed by atoms with Crippen molar-refractivity contribution < 1.29 is 9.53 Å². The van der Waals surface area contributed by atoms with Crippen LogP contribution in [0.1, 0.15) is 27.2 Å². The van der Waals surface area contributed by atoms with Crippen molar-refractivity contribution in [1.82, 2.24) is 5.32 Å². The fourth-order valence-corrected chi connectivity index (χ4v) is 1.59. The van der Waals surface area contributed by atoms with Gasteiger partial charge in [0.1, 0.15) is 6.10 Å². The van der Waals surface area contributed by atoms with Crippen LogP contribution < -0.4 is 10.6 Å². The quantitative estimate of drug-likeness (QED) is 0.743. The second-order valence-corrected chi connectivity index (χ2v) is 5.09. The van der Waals surface area contributed by atoms with E-state index < -0.39 is 6.09 Å². The van der Waals surface area contributed by atoms with Gasteiger partial charge in [0.25, 0.3) is 0 Å². The Balaban J connectivity index is 2.17. The summed E-state index contributed by atoms with van der Waals surface area (Å²) >= 11 is 0. The number of carbonyl (C=O) groups is 1. The lowest BCUT2D eigenvalue weighted by Gasteiger charge is -2.15. The summed E-state index contributed by atoms with van der Waals surface area (Å²) < 4.78 is 5.25. The lowest BCUT2D eigenvalue weighted by atomic mass is 10.1. The van der Waals surface area contributed by atoms with Crippen molar-refractivity contribution in [1.29, 1.82) is 0 Å². The molecule has 1 amide bonds. The van der Waals surface area contributed by atoms with Crippen LogP contribution in [0.25, 0.3) is 0 Å². The van der Waals surface area contributed by atoms with Gasteiger partial charge in [0.2, 0.25) is 0 Å². The highest BCUT2D eigenvalue weighted by Gasteiger charge is 2.09. The van der Waals surface area contributed by atoms with Crippen molar-refractivity contribution in [2.75, 3.05) is 18.4 Å². The molecule has 1 unspecified atom stereocenters. The number of amides is 1. The van der Waals surface area contributed by atoms with Crippen LogP contribution in [-0.2, 0) is 4.74 Å². The fourth-order valence-electron chi connectivity index (χ4n) is 1.59. The summed E-state index contributed by atoms with van der Waals surface area (Å²) in [7, 11) is 0. The van der Waals surface area contributed by atoms with E-state index in [1.807, 2.05) is 37.3 Å². The van der Waals surface area contributed by atoms with Crippen molar-refractivity contribution >= 4 is 11.8 Å². The molecule has 19 heavy (non-hydrogen) atoms. The van der Waals surface area contributed by atoms with Gasteiger partial charge in [-0.15, -0.1) is 0 Å². The normalized spacial score (nSPS) is 12.2. The molecule has 106 valence electrons. The predicted octanol–water partition coefficient (Wildman–Crippen LogP) is 3.26. The Bertz CT molecular complexity index is 366. The predicted molar refractivity (Wildman–Crippen MR) is 78.3 cm³/mol. The monoisotopic (exact) mass is 264 g/mol. The molecule has 4 nitrogen and oxygen atoms in total. The number of benzene rings is 1. The molecule has 0 aliphatic carbocycles. The summed E-state index contributed by atoms with van der Waals surface area (Å²) in [6, 6.07) is 9.29. The van der Waals surface area contributed by atoms with Crippen molar-refractivity contribution in [3.05, 3.63) is 30.3 Å². The Hall–Kier alpha value is -1.55. The molecule has 0 aromatic heterocycles. The fraction of sp³-hybridized carbons (Fsp3) is 0.533. The zero-order valence-electron chi connectivity index (χ0n) is 12.0. The van der Waals surface area contributed by atoms with E-state index >= 15 is 0 Å². The van der Waals surface area contributed by atoms with E-state index in [9.17, 15) is 4.79 Å². The second-order valence-electron chi connectivity index (χ2n) is 5.09. The third-order valence-corrected chi connectivity index (χ3v) is 2.66. The Morgan fingerprint density at radius 1 is 1.21 bits per heavy atom. The number of para-hydroxylation sites is 1. The number of hydrogen-bond acceptors (Lipinski definition) is 3. The van der Waals surface area contributed by atoms with Gasteiger partial charge in [-0.05, 0) is 37.9 Å². The number of nitrogens with one attached hydrogen (secondary N) is 2. The SMILES string of the molecule is CC(C)CCNCC(C)OC(=O)Nc1ccccc1. The Labute approximate surface area is 115 Å². The highest BCUT2D eigenvalue weighted by Crippen LogP contribution is 2.06. The largest absolute Gasteiger partial charge is 0.445 e.